The molecule has 4 N–H and O–H groups in total. The maximum Gasteiger partial charge on any atom is 0.472 e. The van der Waals surface area contributed by atoms with Gasteiger partial charge in [0.05, 0.1) is 13.2 Å². The lowest BCUT2D eigenvalue weighted by Crippen LogP contribution is -2.34. The Morgan fingerprint density at radius 2 is 1.15 bits per heavy atom. The van der Waals surface area contributed by atoms with E-state index in [2.05, 4.69) is 42.7 Å². The van der Waals surface area contributed by atoms with E-state index in [0.717, 1.165) is 44.9 Å². The van der Waals surface area contributed by atoms with E-state index >= 15 is 0 Å². The Morgan fingerprint density at radius 3 is 1.74 bits per heavy atom. The molecule has 268 valence electrons. The maximum atomic E-state index is 12.5. The van der Waals surface area contributed by atoms with Gasteiger partial charge in [-0.3, -0.25) is 23.4 Å². The Morgan fingerprint density at radius 1 is 0.674 bits per heavy atom. The van der Waals surface area contributed by atoms with E-state index < -0.39 is 51.1 Å². The number of ether oxygens (including phenoxy) is 2. The molecule has 0 radical (unpaired) electrons. The molecule has 0 amide bonds. The van der Waals surface area contributed by atoms with Crippen molar-refractivity contribution in [2.45, 2.75) is 154 Å². The number of hydrogen-bond acceptors (Lipinski definition) is 9. The smallest absolute Gasteiger partial charge is 0.472 e. The van der Waals surface area contributed by atoms with Gasteiger partial charge >= 0.3 is 25.7 Å². The summed E-state index contributed by atoms with van der Waals surface area (Å²) in [5, 5.41) is 8.82. The summed E-state index contributed by atoms with van der Waals surface area (Å²) in [5.74, 6) is -2.43. The number of carbonyl (C=O) groups excluding carboxylic acids is 2. The largest absolute Gasteiger partial charge is 0.480 e. The zero-order chi connectivity index (χ0) is 34.3. The van der Waals surface area contributed by atoms with Gasteiger partial charge in [0.1, 0.15) is 12.6 Å². The highest BCUT2D eigenvalue weighted by molar-refractivity contribution is 7.47. The highest BCUT2D eigenvalue weighted by atomic mass is 31.2. The minimum atomic E-state index is -4.71. The van der Waals surface area contributed by atoms with E-state index in [-0.39, 0.29) is 19.4 Å². The first-order valence-corrected chi connectivity index (χ1v) is 18.9. The molecule has 0 bridgehead atoms. The number of unbranched alkanes of at least 4 members (excludes halogenated alkanes) is 14. The third-order valence-electron chi connectivity index (χ3n) is 7.20. The molecule has 1 unspecified atom stereocenters. The van der Waals surface area contributed by atoms with Gasteiger partial charge in [0.25, 0.3) is 0 Å². The van der Waals surface area contributed by atoms with Gasteiger partial charge in [0.15, 0.2) is 6.10 Å². The lowest BCUT2D eigenvalue weighted by atomic mass is 10.1. The van der Waals surface area contributed by atoms with Crippen molar-refractivity contribution in [1.29, 1.82) is 0 Å². The van der Waals surface area contributed by atoms with Crippen molar-refractivity contribution < 1.29 is 47.5 Å². The van der Waals surface area contributed by atoms with Gasteiger partial charge in [0, 0.05) is 12.8 Å². The van der Waals surface area contributed by atoms with Gasteiger partial charge in [-0.25, -0.2) is 4.57 Å². The van der Waals surface area contributed by atoms with Crippen LogP contribution in [0, 0.1) is 0 Å². The van der Waals surface area contributed by atoms with E-state index in [1.807, 2.05) is 0 Å². The normalized spacial score (nSPS) is 14.3. The Hall–Kier alpha value is -2.04. The number of rotatable bonds is 32. The number of carboxylic acid groups (broad SMARTS) is 1. The second-order valence-electron chi connectivity index (χ2n) is 11.7. The van der Waals surface area contributed by atoms with Crippen LogP contribution in [-0.4, -0.2) is 59.9 Å². The third kappa shape index (κ3) is 29.4. The van der Waals surface area contributed by atoms with E-state index in [0.29, 0.717) is 12.8 Å². The van der Waals surface area contributed by atoms with Crippen molar-refractivity contribution in [3.05, 3.63) is 24.3 Å². The minimum Gasteiger partial charge on any atom is -0.480 e. The molecule has 0 heterocycles. The standard InChI is InChI=1S/C34H62NO10P/c1-3-5-7-9-11-12-13-14-15-16-17-18-20-22-24-26-33(37)45-30(28-43-46(40,41)44-29-31(35)34(38)39)27-42-32(36)25-23-21-19-10-8-6-4-2/h14-15,17-18,30-31H,3-13,16,19-29,35H2,1-2H3,(H,38,39)(H,40,41)/b15-14+,18-17+/t30-,31-/m0/s1. The van der Waals surface area contributed by atoms with Gasteiger partial charge < -0.3 is 25.2 Å². The second kappa shape index (κ2) is 30.3. The molecular weight excluding hydrogens is 613 g/mol. The lowest BCUT2D eigenvalue weighted by Gasteiger charge is -2.20. The summed E-state index contributed by atoms with van der Waals surface area (Å²) >= 11 is 0. The van der Waals surface area contributed by atoms with Crippen LogP contribution < -0.4 is 5.73 Å². The number of hydrogen-bond donors (Lipinski definition) is 3. The number of allylic oxidation sites excluding steroid dienone is 4. The molecule has 0 rings (SSSR count). The molecular formula is C34H62NO10P. The molecule has 0 saturated heterocycles. The number of esters is 2. The molecule has 0 aromatic heterocycles. The lowest BCUT2D eigenvalue weighted by molar-refractivity contribution is -0.161. The molecule has 3 atom stereocenters. The maximum absolute atomic E-state index is 12.5. The third-order valence-corrected chi connectivity index (χ3v) is 8.15. The van der Waals surface area contributed by atoms with Crippen LogP contribution in [0.15, 0.2) is 24.3 Å². The van der Waals surface area contributed by atoms with Crippen molar-refractivity contribution in [3.8, 4) is 0 Å². The first-order chi connectivity index (χ1) is 22.1. The second-order valence-corrected chi connectivity index (χ2v) is 13.1. The molecule has 0 aromatic carbocycles. The fourth-order valence-corrected chi connectivity index (χ4v) is 5.16. The summed E-state index contributed by atoms with van der Waals surface area (Å²) in [7, 11) is -4.71. The predicted molar refractivity (Wildman–Crippen MR) is 180 cm³/mol. The van der Waals surface area contributed by atoms with Crippen LogP contribution in [0.5, 0.6) is 0 Å². The summed E-state index contributed by atoms with van der Waals surface area (Å²) in [4.78, 5) is 45.4. The molecule has 0 aliphatic heterocycles. The molecule has 0 fully saturated rings. The van der Waals surface area contributed by atoms with Gasteiger partial charge in [0.2, 0.25) is 0 Å². The zero-order valence-electron chi connectivity index (χ0n) is 28.4. The highest BCUT2D eigenvalue weighted by Crippen LogP contribution is 2.43. The van der Waals surface area contributed by atoms with Crippen LogP contribution in [0.2, 0.25) is 0 Å². The Balaban J connectivity index is 4.52. The van der Waals surface area contributed by atoms with Crippen LogP contribution in [0.4, 0.5) is 0 Å². The van der Waals surface area contributed by atoms with Crippen molar-refractivity contribution in [2.75, 3.05) is 19.8 Å². The number of nitrogens with two attached hydrogens (primary N) is 1. The average Bonchev–Trinajstić information content (AvgIpc) is 3.02. The van der Waals surface area contributed by atoms with Crippen LogP contribution in [-0.2, 0) is 37.5 Å². The van der Waals surface area contributed by atoms with Gasteiger partial charge in [-0.1, -0.05) is 109 Å². The van der Waals surface area contributed by atoms with Crippen LogP contribution in [0.1, 0.15) is 142 Å². The summed E-state index contributed by atoms with van der Waals surface area (Å²) in [6.07, 6.45) is 27.1. The molecule has 11 nitrogen and oxygen atoms in total. The Kier molecular flexibility index (Phi) is 29.0. The predicted octanol–water partition coefficient (Wildman–Crippen LogP) is 7.94. The van der Waals surface area contributed by atoms with Crippen LogP contribution in [0.3, 0.4) is 0 Å². The van der Waals surface area contributed by atoms with Crippen LogP contribution in [0.25, 0.3) is 0 Å². The average molecular weight is 676 g/mol. The topological polar surface area (TPSA) is 172 Å². The van der Waals surface area contributed by atoms with E-state index in [9.17, 15) is 23.8 Å². The van der Waals surface area contributed by atoms with Gasteiger partial charge in [-0.05, 0) is 44.9 Å². The summed E-state index contributed by atoms with van der Waals surface area (Å²) in [5.41, 5.74) is 5.29. The SMILES string of the molecule is CCCCCCCC/C=C/C/C=C/CCCCC(=O)O[C@@H](COC(=O)CCCCCCCCC)COP(=O)(O)OC[C@H](N)C(=O)O. The van der Waals surface area contributed by atoms with Crippen molar-refractivity contribution in [2.24, 2.45) is 5.73 Å². The van der Waals surface area contributed by atoms with E-state index in [4.69, 9.17) is 24.8 Å². The molecule has 12 heteroatoms. The molecule has 0 aromatic rings. The fraction of sp³-hybridized carbons (Fsp3) is 0.794. The summed E-state index contributed by atoms with van der Waals surface area (Å²) in [6.45, 7) is 2.67. The first-order valence-electron chi connectivity index (χ1n) is 17.4. The number of carboxylic acids is 1. The summed E-state index contributed by atoms with van der Waals surface area (Å²) < 4.78 is 32.3. The monoisotopic (exact) mass is 675 g/mol. The molecule has 0 aliphatic rings. The minimum absolute atomic E-state index is 0.120. The first kappa shape index (κ1) is 44.0. The number of phosphoric ester groups is 1. The van der Waals surface area contributed by atoms with Crippen molar-refractivity contribution >= 4 is 25.7 Å². The molecule has 0 saturated carbocycles. The number of carbonyl (C=O) groups is 3. The quantitative estimate of drug-likeness (QED) is 0.0273. The number of phosphoric acid groups is 1. The van der Waals surface area contributed by atoms with E-state index in [1.54, 1.807) is 0 Å². The van der Waals surface area contributed by atoms with Crippen molar-refractivity contribution in [3.63, 3.8) is 0 Å². The van der Waals surface area contributed by atoms with E-state index in [1.165, 1.54) is 57.8 Å². The Bertz CT molecular complexity index is 895. The summed E-state index contributed by atoms with van der Waals surface area (Å²) in [6, 6.07) is -1.52. The van der Waals surface area contributed by atoms with Gasteiger partial charge in [-0.15, -0.1) is 0 Å². The van der Waals surface area contributed by atoms with Gasteiger partial charge in [-0.2, -0.15) is 0 Å². The highest BCUT2D eigenvalue weighted by Gasteiger charge is 2.28. The fourth-order valence-electron chi connectivity index (χ4n) is 4.39. The van der Waals surface area contributed by atoms with Crippen LogP contribution >= 0.6 is 7.82 Å². The van der Waals surface area contributed by atoms with Crippen molar-refractivity contribution in [1.82, 2.24) is 0 Å². The molecule has 0 spiro atoms. The number of aliphatic carboxylic acids is 1. The molecule has 0 aliphatic carbocycles. The Labute approximate surface area is 277 Å². The zero-order valence-corrected chi connectivity index (χ0v) is 29.3. The molecule has 46 heavy (non-hydrogen) atoms.